The summed E-state index contributed by atoms with van der Waals surface area (Å²) >= 11 is 0. The normalized spacial score (nSPS) is 27.8. The number of sulfonamides is 1. The van der Waals surface area contributed by atoms with Gasteiger partial charge in [0.2, 0.25) is 15.9 Å². The van der Waals surface area contributed by atoms with E-state index in [0.29, 0.717) is 25.9 Å². The quantitative estimate of drug-likeness (QED) is 0.710. The molecule has 0 bridgehead atoms. The first-order chi connectivity index (χ1) is 9.29. The van der Waals surface area contributed by atoms with E-state index >= 15 is 0 Å². The molecular weight excluding hydrogens is 278 g/mol. The molecule has 0 aliphatic carbocycles. The Morgan fingerprint density at radius 2 is 1.70 bits per heavy atom. The second-order valence-corrected chi connectivity index (χ2v) is 8.06. The molecule has 2 aliphatic rings. The molecule has 0 aromatic heterocycles. The molecule has 7 heteroatoms. The van der Waals surface area contributed by atoms with E-state index < -0.39 is 10.0 Å². The van der Waals surface area contributed by atoms with Gasteiger partial charge in [0, 0.05) is 44.7 Å². The molecule has 2 saturated heterocycles. The standard InChI is InChI=1S/C13H25N3O3S/c1-11-10-14(2)8-9-16(11)13(17)12-4-6-15(7-5-12)20(3,18)19/h11-12H,4-10H2,1-3H3. The maximum Gasteiger partial charge on any atom is 0.226 e. The Hall–Kier alpha value is -0.660. The Bertz CT molecular complexity index is 457. The van der Waals surface area contributed by atoms with Crippen molar-refractivity contribution in [3.63, 3.8) is 0 Å². The molecule has 0 spiro atoms. The second kappa shape index (κ2) is 5.99. The van der Waals surface area contributed by atoms with Crippen molar-refractivity contribution in [2.45, 2.75) is 25.8 Å². The molecule has 0 aromatic carbocycles. The number of hydrogen-bond acceptors (Lipinski definition) is 4. The Morgan fingerprint density at radius 1 is 1.10 bits per heavy atom. The van der Waals surface area contributed by atoms with Crippen LogP contribution in [0.4, 0.5) is 0 Å². The number of likely N-dealkylation sites (N-methyl/N-ethyl adjacent to an activating group) is 1. The van der Waals surface area contributed by atoms with Gasteiger partial charge in [0.05, 0.1) is 6.26 Å². The summed E-state index contributed by atoms with van der Waals surface area (Å²) in [7, 11) is -1.04. The van der Waals surface area contributed by atoms with Crippen molar-refractivity contribution >= 4 is 15.9 Å². The van der Waals surface area contributed by atoms with Crippen LogP contribution in [0.3, 0.4) is 0 Å². The smallest absolute Gasteiger partial charge is 0.226 e. The minimum Gasteiger partial charge on any atom is -0.337 e. The van der Waals surface area contributed by atoms with Crippen molar-refractivity contribution in [1.82, 2.24) is 14.1 Å². The van der Waals surface area contributed by atoms with Crippen LogP contribution in [0.5, 0.6) is 0 Å². The van der Waals surface area contributed by atoms with Crippen LogP contribution in [0.25, 0.3) is 0 Å². The van der Waals surface area contributed by atoms with Crippen molar-refractivity contribution < 1.29 is 13.2 Å². The molecule has 0 N–H and O–H groups in total. The summed E-state index contributed by atoms with van der Waals surface area (Å²) in [6, 6.07) is 0.245. The first kappa shape index (κ1) is 15.7. The number of carbonyl (C=O) groups excluding carboxylic acids is 1. The number of piperidine rings is 1. The van der Waals surface area contributed by atoms with E-state index in [1.54, 1.807) is 0 Å². The van der Waals surface area contributed by atoms with Gasteiger partial charge in [0.15, 0.2) is 0 Å². The van der Waals surface area contributed by atoms with Crippen LogP contribution < -0.4 is 0 Å². The molecular formula is C13H25N3O3S. The number of amides is 1. The van der Waals surface area contributed by atoms with Crippen molar-refractivity contribution in [2.75, 3.05) is 46.0 Å². The highest BCUT2D eigenvalue weighted by Gasteiger charge is 2.34. The predicted octanol–water partition coefficient (Wildman–Crippen LogP) is -0.179. The molecule has 0 aromatic rings. The van der Waals surface area contributed by atoms with Crippen LogP contribution in [-0.2, 0) is 14.8 Å². The van der Waals surface area contributed by atoms with Gasteiger partial charge in [-0.15, -0.1) is 0 Å². The maximum atomic E-state index is 12.6. The molecule has 0 radical (unpaired) electrons. The second-order valence-electron chi connectivity index (χ2n) is 6.08. The monoisotopic (exact) mass is 303 g/mol. The van der Waals surface area contributed by atoms with Gasteiger partial charge in [-0.1, -0.05) is 0 Å². The van der Waals surface area contributed by atoms with Crippen LogP contribution in [0.2, 0.25) is 0 Å². The Labute approximate surface area is 121 Å². The molecule has 2 heterocycles. The lowest BCUT2D eigenvalue weighted by atomic mass is 9.95. The van der Waals surface area contributed by atoms with Gasteiger partial charge in [-0.05, 0) is 26.8 Å². The zero-order valence-corrected chi connectivity index (χ0v) is 13.4. The average Bonchev–Trinajstić information content (AvgIpc) is 2.37. The maximum absolute atomic E-state index is 12.6. The molecule has 1 atom stereocenters. The Balaban J connectivity index is 1.92. The lowest BCUT2D eigenvalue weighted by Gasteiger charge is -2.41. The highest BCUT2D eigenvalue weighted by atomic mass is 32.2. The van der Waals surface area contributed by atoms with Crippen LogP contribution in [0.1, 0.15) is 19.8 Å². The van der Waals surface area contributed by atoms with Crippen molar-refractivity contribution in [3.05, 3.63) is 0 Å². The van der Waals surface area contributed by atoms with E-state index in [1.807, 2.05) is 4.90 Å². The molecule has 2 rings (SSSR count). The third-order valence-corrected chi connectivity index (χ3v) is 5.69. The molecule has 2 fully saturated rings. The summed E-state index contributed by atoms with van der Waals surface area (Å²) in [6.07, 6.45) is 2.52. The van der Waals surface area contributed by atoms with E-state index in [2.05, 4.69) is 18.9 Å². The molecule has 116 valence electrons. The first-order valence-corrected chi connectivity index (χ1v) is 9.08. The fraction of sp³-hybridized carbons (Fsp3) is 0.923. The molecule has 0 saturated carbocycles. The number of hydrogen-bond donors (Lipinski definition) is 0. The van der Waals surface area contributed by atoms with Gasteiger partial charge in [0.1, 0.15) is 0 Å². The molecule has 1 amide bonds. The third-order valence-electron chi connectivity index (χ3n) is 4.39. The lowest BCUT2D eigenvalue weighted by Crippen LogP contribution is -2.55. The highest BCUT2D eigenvalue weighted by molar-refractivity contribution is 7.88. The third kappa shape index (κ3) is 3.51. The van der Waals surface area contributed by atoms with Gasteiger partial charge in [-0.25, -0.2) is 12.7 Å². The van der Waals surface area contributed by atoms with E-state index in [0.717, 1.165) is 19.6 Å². The zero-order valence-electron chi connectivity index (χ0n) is 12.6. The van der Waals surface area contributed by atoms with E-state index in [1.165, 1.54) is 10.6 Å². The summed E-state index contributed by atoms with van der Waals surface area (Å²) in [4.78, 5) is 16.8. The van der Waals surface area contributed by atoms with Crippen molar-refractivity contribution in [1.29, 1.82) is 0 Å². The fourth-order valence-electron chi connectivity index (χ4n) is 3.14. The summed E-state index contributed by atoms with van der Waals surface area (Å²) < 4.78 is 24.4. The minimum atomic E-state index is -3.12. The topological polar surface area (TPSA) is 60.9 Å². The van der Waals surface area contributed by atoms with Crippen LogP contribution in [0, 0.1) is 5.92 Å². The SMILES string of the molecule is CC1CN(C)CCN1C(=O)C1CCN(S(C)(=O)=O)CC1. The summed E-state index contributed by atoms with van der Waals surface area (Å²) in [6.45, 7) is 5.63. The van der Waals surface area contributed by atoms with Gasteiger partial charge in [0.25, 0.3) is 0 Å². The lowest BCUT2D eigenvalue weighted by molar-refractivity contribution is -0.141. The number of rotatable bonds is 2. The van der Waals surface area contributed by atoms with E-state index in [9.17, 15) is 13.2 Å². The van der Waals surface area contributed by atoms with Gasteiger partial charge in [-0.2, -0.15) is 0 Å². The number of carbonyl (C=O) groups is 1. The van der Waals surface area contributed by atoms with Crippen LogP contribution in [0.15, 0.2) is 0 Å². The van der Waals surface area contributed by atoms with E-state index in [4.69, 9.17) is 0 Å². The first-order valence-electron chi connectivity index (χ1n) is 7.23. The summed E-state index contributed by atoms with van der Waals surface area (Å²) in [5.41, 5.74) is 0. The molecule has 20 heavy (non-hydrogen) atoms. The van der Waals surface area contributed by atoms with Gasteiger partial charge < -0.3 is 9.80 Å². The molecule has 2 aliphatic heterocycles. The fourth-order valence-corrected chi connectivity index (χ4v) is 4.01. The Morgan fingerprint density at radius 3 is 2.20 bits per heavy atom. The summed E-state index contributed by atoms with van der Waals surface area (Å²) in [5, 5.41) is 0. The van der Waals surface area contributed by atoms with Gasteiger partial charge >= 0.3 is 0 Å². The van der Waals surface area contributed by atoms with Crippen molar-refractivity contribution in [2.24, 2.45) is 5.92 Å². The number of piperazine rings is 1. The molecule has 1 unspecified atom stereocenters. The molecule has 6 nitrogen and oxygen atoms in total. The largest absolute Gasteiger partial charge is 0.337 e. The zero-order chi connectivity index (χ0) is 14.9. The van der Waals surface area contributed by atoms with Crippen molar-refractivity contribution in [3.8, 4) is 0 Å². The van der Waals surface area contributed by atoms with Crippen LogP contribution in [-0.4, -0.2) is 80.5 Å². The summed E-state index contributed by atoms with van der Waals surface area (Å²) in [5.74, 6) is 0.192. The van der Waals surface area contributed by atoms with Gasteiger partial charge in [-0.3, -0.25) is 4.79 Å². The minimum absolute atomic E-state index is 0.0149. The Kier molecular flexibility index (Phi) is 4.71. The van der Waals surface area contributed by atoms with E-state index in [-0.39, 0.29) is 17.9 Å². The highest BCUT2D eigenvalue weighted by Crippen LogP contribution is 2.23. The predicted molar refractivity (Wildman–Crippen MR) is 77.8 cm³/mol. The number of nitrogens with zero attached hydrogens (tertiary/aromatic N) is 3. The van der Waals surface area contributed by atoms with Crippen LogP contribution >= 0.6 is 0 Å². The average molecular weight is 303 g/mol.